The Morgan fingerprint density at radius 2 is 2.29 bits per heavy atom. The lowest BCUT2D eigenvalue weighted by molar-refractivity contribution is -0.129. The molecule has 1 N–H and O–H groups in total. The molecule has 4 nitrogen and oxygen atoms in total. The predicted molar refractivity (Wildman–Crippen MR) is 24.1 cm³/mol. The van der Waals surface area contributed by atoms with Gasteiger partial charge in [0.1, 0.15) is 5.71 Å². The summed E-state index contributed by atoms with van der Waals surface area (Å²) in [5.74, 6) is -1.27. The summed E-state index contributed by atoms with van der Waals surface area (Å²) in [6, 6.07) is 0. The molecular formula is C3H4NO3-. The van der Waals surface area contributed by atoms with Crippen molar-refractivity contribution >= 4 is 11.7 Å². The van der Waals surface area contributed by atoms with Gasteiger partial charge in [-0.3, -0.25) is 0 Å². The molecule has 0 aromatic carbocycles. The van der Waals surface area contributed by atoms with Gasteiger partial charge in [-0.25, -0.2) is 4.79 Å². The van der Waals surface area contributed by atoms with Gasteiger partial charge in [0, 0.05) is 0 Å². The zero-order valence-corrected chi connectivity index (χ0v) is 3.71. The van der Waals surface area contributed by atoms with Crippen LogP contribution in [0.2, 0.25) is 0 Å². The fourth-order valence-electron chi connectivity index (χ4n) is 0.0390. The number of carboxylic acid groups (broad SMARTS) is 1. The molecule has 0 amide bonds. The molecule has 0 aliphatic heterocycles. The average Bonchev–Trinajstić information content (AvgIpc) is 1.65. The van der Waals surface area contributed by atoms with Crippen LogP contribution in [0.1, 0.15) is 6.92 Å². The zero-order chi connectivity index (χ0) is 5.86. The first-order chi connectivity index (χ1) is 3.18. The van der Waals surface area contributed by atoms with Gasteiger partial charge in [-0.2, -0.15) is 0 Å². The van der Waals surface area contributed by atoms with Crippen LogP contribution in [0.3, 0.4) is 0 Å². The molecule has 0 bridgehead atoms. The van der Waals surface area contributed by atoms with Gasteiger partial charge >= 0.3 is 5.97 Å². The van der Waals surface area contributed by atoms with E-state index in [4.69, 9.17) is 5.11 Å². The van der Waals surface area contributed by atoms with E-state index in [1.54, 1.807) is 0 Å². The lowest BCUT2D eigenvalue weighted by Crippen LogP contribution is -2.06. The SMILES string of the molecule is C/C(=N/[O-])C(=O)O. The van der Waals surface area contributed by atoms with Crippen molar-refractivity contribution in [2.75, 3.05) is 0 Å². The minimum Gasteiger partial charge on any atom is -0.792 e. The van der Waals surface area contributed by atoms with E-state index in [1.165, 1.54) is 0 Å². The summed E-state index contributed by atoms with van der Waals surface area (Å²) in [6.07, 6.45) is 0. The molecule has 0 rings (SSSR count). The molecule has 0 aliphatic carbocycles. The van der Waals surface area contributed by atoms with Crippen LogP contribution in [-0.2, 0) is 4.79 Å². The van der Waals surface area contributed by atoms with Crippen LogP contribution in [0.4, 0.5) is 0 Å². The van der Waals surface area contributed by atoms with Crippen LogP contribution >= 0.6 is 0 Å². The lowest BCUT2D eigenvalue weighted by atomic mass is 10.4. The molecule has 7 heavy (non-hydrogen) atoms. The molecule has 0 saturated carbocycles. The number of aliphatic carboxylic acids is 1. The van der Waals surface area contributed by atoms with Crippen molar-refractivity contribution in [3.63, 3.8) is 0 Å². The first-order valence-corrected chi connectivity index (χ1v) is 1.58. The first kappa shape index (κ1) is 5.94. The fraction of sp³-hybridized carbons (Fsp3) is 0.333. The zero-order valence-electron chi connectivity index (χ0n) is 3.71. The fourth-order valence-corrected chi connectivity index (χ4v) is 0.0390. The standard InChI is InChI=1S/C3H5NO3/c1-2(4-7)3(5)6/h7H,1H3,(H,5,6)/p-1/b4-2-. The van der Waals surface area contributed by atoms with E-state index in [-0.39, 0.29) is 0 Å². The number of carbonyl (C=O) groups is 1. The van der Waals surface area contributed by atoms with Crippen molar-refractivity contribution in [3.8, 4) is 0 Å². The summed E-state index contributed by atoms with van der Waals surface area (Å²) in [7, 11) is 0. The summed E-state index contributed by atoms with van der Waals surface area (Å²) in [5, 5.41) is 19.3. The molecule has 0 heterocycles. The Morgan fingerprint density at radius 1 is 1.86 bits per heavy atom. The molecular weight excluding hydrogens is 98.0 g/mol. The third-order valence-electron chi connectivity index (χ3n) is 0.446. The molecule has 0 fully saturated rings. The Morgan fingerprint density at radius 3 is 2.29 bits per heavy atom. The largest absolute Gasteiger partial charge is 0.792 e. The van der Waals surface area contributed by atoms with Gasteiger partial charge < -0.3 is 15.5 Å². The maximum atomic E-state index is 9.60. The number of nitrogens with zero attached hydrogens (tertiary/aromatic N) is 1. The van der Waals surface area contributed by atoms with Crippen LogP contribution in [-0.4, -0.2) is 16.8 Å². The smallest absolute Gasteiger partial charge is 0.349 e. The minimum absolute atomic E-state index is 0.417. The summed E-state index contributed by atoms with van der Waals surface area (Å²) >= 11 is 0. The molecule has 0 atom stereocenters. The number of hydrogen-bond donors (Lipinski definition) is 1. The summed E-state index contributed by atoms with van der Waals surface area (Å²) < 4.78 is 0. The third-order valence-corrected chi connectivity index (χ3v) is 0.446. The summed E-state index contributed by atoms with van der Waals surface area (Å²) in [5.41, 5.74) is -0.417. The van der Waals surface area contributed by atoms with Crippen LogP contribution < -0.4 is 0 Å². The van der Waals surface area contributed by atoms with Gasteiger partial charge in [-0.05, 0) is 6.92 Å². The van der Waals surface area contributed by atoms with Crippen molar-refractivity contribution in [1.82, 2.24) is 0 Å². The quantitative estimate of drug-likeness (QED) is 0.375. The van der Waals surface area contributed by atoms with E-state index in [0.717, 1.165) is 6.92 Å². The second kappa shape index (κ2) is 2.17. The van der Waals surface area contributed by atoms with Crippen LogP contribution in [0.5, 0.6) is 0 Å². The predicted octanol–water partition coefficient (Wildman–Crippen LogP) is 0.0297. The van der Waals surface area contributed by atoms with Gasteiger partial charge in [-0.15, -0.1) is 0 Å². The normalized spacial score (nSPS) is 11.3. The lowest BCUT2D eigenvalue weighted by Gasteiger charge is -1.91. The Bertz CT molecular complexity index is 107. The molecule has 4 heteroatoms. The van der Waals surface area contributed by atoms with E-state index in [2.05, 4.69) is 5.16 Å². The van der Waals surface area contributed by atoms with Crippen molar-refractivity contribution in [3.05, 3.63) is 5.21 Å². The molecule has 0 radical (unpaired) electrons. The van der Waals surface area contributed by atoms with Gasteiger partial charge in [-0.1, -0.05) is 0 Å². The third kappa shape index (κ3) is 1.75. The highest BCUT2D eigenvalue weighted by atomic mass is 16.4. The number of hydrogen-bond acceptors (Lipinski definition) is 3. The van der Waals surface area contributed by atoms with Crippen LogP contribution in [0, 0.1) is 5.21 Å². The Labute approximate surface area is 40.1 Å². The van der Waals surface area contributed by atoms with Gasteiger partial charge in [0.2, 0.25) is 0 Å². The summed E-state index contributed by atoms with van der Waals surface area (Å²) in [6.45, 7) is 1.13. The monoisotopic (exact) mass is 102 g/mol. The highest BCUT2D eigenvalue weighted by molar-refractivity contribution is 6.34. The van der Waals surface area contributed by atoms with E-state index in [1.807, 2.05) is 0 Å². The van der Waals surface area contributed by atoms with Crippen molar-refractivity contribution < 1.29 is 9.90 Å². The number of rotatable bonds is 1. The summed E-state index contributed by atoms with van der Waals surface area (Å²) in [4.78, 5) is 9.60. The molecule has 0 aromatic rings. The molecule has 0 aliphatic rings. The van der Waals surface area contributed by atoms with E-state index in [0.29, 0.717) is 0 Å². The second-order valence-corrected chi connectivity index (χ2v) is 0.982. The highest BCUT2D eigenvalue weighted by Crippen LogP contribution is 1.72. The molecule has 0 unspecified atom stereocenters. The molecule has 0 spiro atoms. The van der Waals surface area contributed by atoms with Crippen molar-refractivity contribution in [2.45, 2.75) is 6.92 Å². The van der Waals surface area contributed by atoms with Crippen LogP contribution in [0.25, 0.3) is 0 Å². The Balaban J connectivity index is 3.82. The minimum atomic E-state index is -1.27. The van der Waals surface area contributed by atoms with Gasteiger partial charge in [0.25, 0.3) is 0 Å². The van der Waals surface area contributed by atoms with E-state index >= 15 is 0 Å². The molecule has 0 saturated heterocycles. The Hall–Kier alpha value is -1.06. The average molecular weight is 102 g/mol. The van der Waals surface area contributed by atoms with Gasteiger partial charge in [0.15, 0.2) is 0 Å². The highest BCUT2D eigenvalue weighted by Gasteiger charge is 1.94. The molecule has 0 aromatic heterocycles. The van der Waals surface area contributed by atoms with Crippen molar-refractivity contribution in [2.24, 2.45) is 5.16 Å². The first-order valence-electron chi connectivity index (χ1n) is 1.58. The maximum Gasteiger partial charge on any atom is 0.349 e. The van der Waals surface area contributed by atoms with Crippen molar-refractivity contribution in [1.29, 1.82) is 0 Å². The van der Waals surface area contributed by atoms with E-state index < -0.39 is 11.7 Å². The molecule has 40 valence electrons. The second-order valence-electron chi connectivity index (χ2n) is 0.982. The van der Waals surface area contributed by atoms with Crippen LogP contribution in [0.15, 0.2) is 5.16 Å². The number of carboxylic acids is 1. The topological polar surface area (TPSA) is 72.7 Å². The Kier molecular flexibility index (Phi) is 1.84. The van der Waals surface area contributed by atoms with E-state index in [9.17, 15) is 10.0 Å². The maximum absolute atomic E-state index is 9.60. The van der Waals surface area contributed by atoms with Gasteiger partial charge in [0.05, 0.1) is 0 Å².